The number of rotatable bonds is 3. The van der Waals surface area contributed by atoms with Gasteiger partial charge in [-0.25, -0.2) is 13.8 Å². The van der Waals surface area contributed by atoms with Crippen LogP contribution in [0.3, 0.4) is 0 Å². The first kappa shape index (κ1) is 11.8. The third-order valence-electron chi connectivity index (χ3n) is 1.81. The highest BCUT2D eigenvalue weighted by Crippen LogP contribution is 2.22. The molecule has 0 unspecified atom stereocenters. The van der Waals surface area contributed by atoms with Crippen LogP contribution in [0.15, 0.2) is 6.07 Å². The number of pyridine rings is 1. The number of hydrogen-bond acceptors (Lipinski definition) is 2. The highest BCUT2D eigenvalue weighted by Gasteiger charge is 2.16. The van der Waals surface area contributed by atoms with Crippen LogP contribution in [-0.2, 0) is 12.3 Å². The van der Waals surface area contributed by atoms with Crippen LogP contribution in [-0.4, -0.2) is 4.98 Å². The summed E-state index contributed by atoms with van der Waals surface area (Å²) in [5.74, 6) is -1.23. The van der Waals surface area contributed by atoms with Crippen molar-refractivity contribution in [3.05, 3.63) is 28.8 Å². The average molecular weight is 235 g/mol. The van der Waals surface area contributed by atoms with Gasteiger partial charge in [0.15, 0.2) is 0 Å². The quantitative estimate of drug-likeness (QED) is 0.596. The normalized spacial score (nSPS) is 10.4. The SMILES string of the molecule is N#CCc1cc(C(F)F)nc(F)c1CCl. The van der Waals surface area contributed by atoms with E-state index < -0.39 is 18.1 Å². The lowest BCUT2D eigenvalue weighted by molar-refractivity contribution is 0.144. The molecule has 0 saturated carbocycles. The Morgan fingerprint density at radius 1 is 1.53 bits per heavy atom. The second-order valence-electron chi connectivity index (χ2n) is 2.74. The van der Waals surface area contributed by atoms with Crippen LogP contribution in [0.5, 0.6) is 0 Å². The molecule has 0 aromatic carbocycles. The molecule has 2 nitrogen and oxygen atoms in total. The largest absolute Gasteiger partial charge is 0.280 e. The van der Waals surface area contributed by atoms with Crippen molar-refractivity contribution in [2.75, 3.05) is 0 Å². The van der Waals surface area contributed by atoms with Gasteiger partial charge in [-0.3, -0.25) is 0 Å². The molecule has 0 aliphatic heterocycles. The minimum absolute atomic E-state index is 0.00242. The fourth-order valence-electron chi connectivity index (χ4n) is 1.11. The highest BCUT2D eigenvalue weighted by molar-refractivity contribution is 6.17. The predicted molar refractivity (Wildman–Crippen MR) is 48.0 cm³/mol. The van der Waals surface area contributed by atoms with Gasteiger partial charge in [0.1, 0.15) is 5.69 Å². The molecule has 1 aromatic heterocycles. The third kappa shape index (κ3) is 2.60. The van der Waals surface area contributed by atoms with Gasteiger partial charge in [-0.1, -0.05) is 0 Å². The van der Waals surface area contributed by atoms with E-state index >= 15 is 0 Å². The summed E-state index contributed by atoms with van der Waals surface area (Å²) in [6.07, 6.45) is -3.03. The van der Waals surface area contributed by atoms with Crippen molar-refractivity contribution in [3.8, 4) is 6.07 Å². The zero-order chi connectivity index (χ0) is 11.4. The van der Waals surface area contributed by atoms with Gasteiger partial charge < -0.3 is 0 Å². The fraction of sp³-hybridized carbons (Fsp3) is 0.333. The smallest absolute Gasteiger partial charge is 0.218 e. The first-order valence-electron chi connectivity index (χ1n) is 3.99. The zero-order valence-electron chi connectivity index (χ0n) is 7.48. The maximum atomic E-state index is 13.2. The van der Waals surface area contributed by atoms with E-state index in [4.69, 9.17) is 16.9 Å². The van der Waals surface area contributed by atoms with Crippen LogP contribution in [0, 0.1) is 17.3 Å². The Morgan fingerprint density at radius 3 is 2.67 bits per heavy atom. The number of aromatic nitrogens is 1. The Balaban J connectivity index is 3.26. The van der Waals surface area contributed by atoms with E-state index in [1.165, 1.54) is 0 Å². The lowest BCUT2D eigenvalue weighted by Gasteiger charge is -2.07. The van der Waals surface area contributed by atoms with E-state index in [-0.39, 0.29) is 23.4 Å². The second kappa shape index (κ2) is 4.99. The van der Waals surface area contributed by atoms with E-state index in [2.05, 4.69) is 4.98 Å². The summed E-state index contributed by atoms with van der Waals surface area (Å²) in [5.41, 5.74) is -0.510. The number of hydrogen-bond donors (Lipinski definition) is 0. The summed E-state index contributed by atoms with van der Waals surface area (Å²) in [6, 6.07) is 2.76. The molecule has 1 aromatic rings. The van der Waals surface area contributed by atoms with Crippen LogP contribution in [0.2, 0.25) is 0 Å². The van der Waals surface area contributed by atoms with Crippen molar-refractivity contribution in [2.24, 2.45) is 0 Å². The molecule has 80 valence electrons. The minimum atomic E-state index is -2.86. The maximum absolute atomic E-state index is 13.2. The topological polar surface area (TPSA) is 36.7 Å². The molecule has 1 heterocycles. The lowest BCUT2D eigenvalue weighted by Crippen LogP contribution is -2.03. The summed E-state index contributed by atoms with van der Waals surface area (Å²) in [7, 11) is 0. The first-order valence-corrected chi connectivity index (χ1v) is 4.52. The molecule has 0 radical (unpaired) electrons. The van der Waals surface area contributed by atoms with Crippen LogP contribution < -0.4 is 0 Å². The molecule has 15 heavy (non-hydrogen) atoms. The summed E-state index contributed by atoms with van der Waals surface area (Å²) in [4.78, 5) is 3.08. The van der Waals surface area contributed by atoms with E-state index in [1.54, 1.807) is 6.07 Å². The Hall–Kier alpha value is -1.28. The molecule has 0 fully saturated rings. The van der Waals surface area contributed by atoms with E-state index in [1.807, 2.05) is 0 Å². The van der Waals surface area contributed by atoms with Crippen molar-refractivity contribution in [2.45, 2.75) is 18.7 Å². The van der Waals surface area contributed by atoms with Crippen LogP contribution in [0.4, 0.5) is 13.2 Å². The number of nitriles is 1. The third-order valence-corrected chi connectivity index (χ3v) is 2.08. The Labute approximate surface area is 89.3 Å². The molecule has 1 rings (SSSR count). The Kier molecular flexibility index (Phi) is 3.92. The summed E-state index contributed by atoms with van der Waals surface area (Å²) >= 11 is 5.43. The van der Waals surface area contributed by atoms with E-state index in [0.717, 1.165) is 6.07 Å². The molecule has 0 aliphatic carbocycles. The van der Waals surface area contributed by atoms with Crippen LogP contribution in [0.1, 0.15) is 23.2 Å². The molecule has 0 atom stereocenters. The molecule has 6 heteroatoms. The zero-order valence-corrected chi connectivity index (χ0v) is 8.23. The van der Waals surface area contributed by atoms with Crippen LogP contribution >= 0.6 is 11.6 Å². The minimum Gasteiger partial charge on any atom is -0.218 e. The van der Waals surface area contributed by atoms with Gasteiger partial charge in [-0.2, -0.15) is 9.65 Å². The van der Waals surface area contributed by atoms with Gasteiger partial charge in [-0.05, 0) is 11.6 Å². The van der Waals surface area contributed by atoms with Crippen LogP contribution in [0.25, 0.3) is 0 Å². The number of alkyl halides is 3. The number of halogens is 4. The molecule has 0 spiro atoms. The van der Waals surface area contributed by atoms with Crippen molar-refractivity contribution in [1.29, 1.82) is 5.26 Å². The first-order chi connectivity index (χ1) is 7.10. The van der Waals surface area contributed by atoms with Crippen molar-refractivity contribution in [1.82, 2.24) is 4.98 Å². The summed E-state index contributed by atoms with van der Waals surface area (Å²) < 4.78 is 37.7. The van der Waals surface area contributed by atoms with Gasteiger partial charge in [0.25, 0.3) is 6.43 Å². The maximum Gasteiger partial charge on any atom is 0.280 e. The fourth-order valence-corrected chi connectivity index (χ4v) is 1.39. The van der Waals surface area contributed by atoms with Gasteiger partial charge in [0, 0.05) is 5.56 Å². The average Bonchev–Trinajstić information content (AvgIpc) is 2.17. The predicted octanol–water partition coefficient (Wildman–Crippen LogP) is 2.96. The molecular formula is C9H6ClF3N2. The standard InChI is InChI=1S/C9H6ClF3N2/c10-4-6-5(1-2-14)3-7(8(11)12)15-9(6)13/h3,8H,1,4H2. The van der Waals surface area contributed by atoms with Gasteiger partial charge >= 0.3 is 0 Å². The molecule has 0 saturated heterocycles. The molecule has 0 bridgehead atoms. The monoisotopic (exact) mass is 234 g/mol. The molecule has 0 amide bonds. The summed E-state index contributed by atoms with van der Waals surface area (Å²) in [5, 5.41) is 8.44. The molecule has 0 N–H and O–H groups in total. The van der Waals surface area contributed by atoms with Gasteiger partial charge in [0.05, 0.1) is 18.4 Å². The Bertz CT molecular complexity index is 401. The van der Waals surface area contributed by atoms with Crippen molar-refractivity contribution < 1.29 is 13.2 Å². The Morgan fingerprint density at radius 2 is 2.20 bits per heavy atom. The summed E-state index contributed by atoms with van der Waals surface area (Å²) in [6.45, 7) is 0. The van der Waals surface area contributed by atoms with Gasteiger partial charge in [0.2, 0.25) is 5.95 Å². The molecular weight excluding hydrogens is 229 g/mol. The van der Waals surface area contributed by atoms with Crippen molar-refractivity contribution >= 4 is 11.6 Å². The van der Waals surface area contributed by atoms with Crippen molar-refractivity contribution in [3.63, 3.8) is 0 Å². The van der Waals surface area contributed by atoms with Gasteiger partial charge in [-0.15, -0.1) is 11.6 Å². The second-order valence-corrected chi connectivity index (χ2v) is 3.01. The van der Waals surface area contributed by atoms with E-state index in [0.29, 0.717) is 0 Å². The molecule has 0 aliphatic rings. The number of nitrogens with zero attached hydrogens (tertiary/aromatic N) is 2. The van der Waals surface area contributed by atoms with E-state index in [9.17, 15) is 13.2 Å². The highest BCUT2D eigenvalue weighted by atomic mass is 35.5. The lowest BCUT2D eigenvalue weighted by atomic mass is 10.1.